The average molecular weight is 371 g/mol. The van der Waals surface area contributed by atoms with Crippen LogP contribution in [0.2, 0.25) is 0 Å². The maximum absolute atomic E-state index is 12.6. The van der Waals surface area contributed by atoms with Gasteiger partial charge in [-0.25, -0.2) is 0 Å². The standard InChI is InChI=1S/C23H17NO4/c1-27-18-10-7-15(8-11-18)22-14-20(25)19-13-17(9-12-21(19)28-22)24-23(26)16-5-3-2-4-6-16/h2-14H,1H3,(H,24,26). The maximum Gasteiger partial charge on any atom is 0.255 e. The average Bonchev–Trinajstić information content (AvgIpc) is 2.74. The third-order valence-corrected chi connectivity index (χ3v) is 4.40. The highest BCUT2D eigenvalue weighted by Gasteiger charge is 2.10. The predicted molar refractivity (Wildman–Crippen MR) is 109 cm³/mol. The number of methoxy groups -OCH3 is 1. The summed E-state index contributed by atoms with van der Waals surface area (Å²) in [7, 11) is 1.60. The summed E-state index contributed by atoms with van der Waals surface area (Å²) < 4.78 is 11.0. The first-order chi connectivity index (χ1) is 13.6. The Morgan fingerprint density at radius 1 is 0.929 bits per heavy atom. The molecule has 0 aliphatic heterocycles. The summed E-state index contributed by atoms with van der Waals surface area (Å²) in [5, 5.41) is 3.21. The summed E-state index contributed by atoms with van der Waals surface area (Å²) in [5.41, 5.74) is 2.13. The van der Waals surface area contributed by atoms with E-state index < -0.39 is 0 Å². The zero-order valence-corrected chi connectivity index (χ0v) is 15.1. The van der Waals surface area contributed by atoms with Gasteiger partial charge in [0.05, 0.1) is 12.5 Å². The molecule has 0 bridgehead atoms. The first kappa shape index (κ1) is 17.5. The van der Waals surface area contributed by atoms with Gasteiger partial charge in [0.1, 0.15) is 17.1 Å². The lowest BCUT2D eigenvalue weighted by Gasteiger charge is -2.08. The van der Waals surface area contributed by atoms with E-state index >= 15 is 0 Å². The van der Waals surface area contributed by atoms with E-state index in [4.69, 9.17) is 9.15 Å². The van der Waals surface area contributed by atoms with Crippen molar-refractivity contribution in [1.82, 2.24) is 0 Å². The molecule has 0 spiro atoms. The van der Waals surface area contributed by atoms with Crippen LogP contribution in [0.4, 0.5) is 5.69 Å². The minimum Gasteiger partial charge on any atom is -0.497 e. The molecule has 4 rings (SSSR count). The van der Waals surface area contributed by atoms with Crippen molar-refractivity contribution in [2.75, 3.05) is 12.4 Å². The van der Waals surface area contributed by atoms with E-state index in [9.17, 15) is 9.59 Å². The highest BCUT2D eigenvalue weighted by Crippen LogP contribution is 2.25. The molecule has 3 aromatic carbocycles. The number of carbonyl (C=O) groups is 1. The summed E-state index contributed by atoms with van der Waals surface area (Å²) in [6.07, 6.45) is 0. The number of hydrogen-bond acceptors (Lipinski definition) is 4. The number of fused-ring (bicyclic) bond motifs is 1. The molecule has 0 radical (unpaired) electrons. The largest absolute Gasteiger partial charge is 0.497 e. The fourth-order valence-corrected chi connectivity index (χ4v) is 2.92. The summed E-state index contributed by atoms with van der Waals surface area (Å²) in [4.78, 5) is 24.9. The minimum absolute atomic E-state index is 0.178. The Morgan fingerprint density at radius 3 is 2.39 bits per heavy atom. The van der Waals surface area contributed by atoms with Gasteiger partial charge < -0.3 is 14.5 Å². The summed E-state index contributed by atoms with van der Waals surface area (Å²) in [5.74, 6) is 0.964. The van der Waals surface area contributed by atoms with Crippen LogP contribution in [0.1, 0.15) is 10.4 Å². The van der Waals surface area contributed by atoms with Crippen LogP contribution in [0.3, 0.4) is 0 Å². The summed E-state index contributed by atoms with van der Waals surface area (Å²) >= 11 is 0. The molecule has 0 unspecified atom stereocenters. The van der Waals surface area contributed by atoms with Crippen molar-refractivity contribution < 1.29 is 13.9 Å². The Bertz CT molecular complexity index is 1190. The van der Waals surface area contributed by atoms with Gasteiger partial charge in [-0.15, -0.1) is 0 Å². The van der Waals surface area contributed by atoms with E-state index in [0.717, 1.165) is 11.3 Å². The predicted octanol–water partition coefficient (Wildman–Crippen LogP) is 4.72. The number of carbonyl (C=O) groups excluding carboxylic acids is 1. The molecule has 5 nitrogen and oxygen atoms in total. The first-order valence-electron chi connectivity index (χ1n) is 8.73. The van der Waals surface area contributed by atoms with Crippen LogP contribution in [-0.4, -0.2) is 13.0 Å². The third kappa shape index (κ3) is 3.50. The van der Waals surface area contributed by atoms with Gasteiger partial charge in [-0.3, -0.25) is 9.59 Å². The van der Waals surface area contributed by atoms with Gasteiger partial charge in [-0.1, -0.05) is 18.2 Å². The van der Waals surface area contributed by atoms with Crippen molar-refractivity contribution in [1.29, 1.82) is 0 Å². The topological polar surface area (TPSA) is 68.5 Å². The van der Waals surface area contributed by atoms with Crippen LogP contribution in [-0.2, 0) is 0 Å². The number of nitrogens with one attached hydrogen (secondary N) is 1. The molecule has 1 amide bonds. The van der Waals surface area contributed by atoms with E-state index in [1.807, 2.05) is 30.3 Å². The number of benzene rings is 3. The maximum atomic E-state index is 12.6. The molecule has 0 aliphatic rings. The highest BCUT2D eigenvalue weighted by atomic mass is 16.5. The molecule has 0 atom stereocenters. The van der Waals surface area contributed by atoms with E-state index in [-0.39, 0.29) is 11.3 Å². The van der Waals surface area contributed by atoms with Crippen LogP contribution >= 0.6 is 0 Å². The molecule has 0 aliphatic carbocycles. The Kier molecular flexibility index (Phi) is 4.64. The molecule has 1 N–H and O–H groups in total. The van der Waals surface area contributed by atoms with Crippen LogP contribution < -0.4 is 15.5 Å². The molecule has 5 heteroatoms. The highest BCUT2D eigenvalue weighted by molar-refractivity contribution is 6.05. The Hall–Kier alpha value is -3.86. The fourth-order valence-electron chi connectivity index (χ4n) is 2.92. The van der Waals surface area contributed by atoms with Crippen LogP contribution in [0.5, 0.6) is 5.75 Å². The Balaban J connectivity index is 1.66. The number of amides is 1. The van der Waals surface area contributed by atoms with Crippen molar-refractivity contribution >= 4 is 22.6 Å². The smallest absolute Gasteiger partial charge is 0.255 e. The monoisotopic (exact) mass is 371 g/mol. The van der Waals surface area contributed by atoms with E-state index in [2.05, 4.69) is 5.32 Å². The van der Waals surface area contributed by atoms with E-state index in [1.54, 1.807) is 49.6 Å². The van der Waals surface area contributed by atoms with Crippen molar-refractivity contribution in [3.8, 4) is 17.1 Å². The van der Waals surface area contributed by atoms with E-state index in [0.29, 0.717) is 28.0 Å². The molecule has 0 fully saturated rings. The SMILES string of the molecule is COc1ccc(-c2cc(=O)c3cc(NC(=O)c4ccccc4)ccc3o2)cc1. The molecule has 28 heavy (non-hydrogen) atoms. The van der Waals surface area contributed by atoms with Crippen molar-refractivity contribution in [2.45, 2.75) is 0 Å². The fraction of sp³-hybridized carbons (Fsp3) is 0.0435. The van der Waals surface area contributed by atoms with Gasteiger partial charge >= 0.3 is 0 Å². The summed E-state index contributed by atoms with van der Waals surface area (Å²) in [6.45, 7) is 0. The van der Waals surface area contributed by atoms with E-state index in [1.165, 1.54) is 6.07 Å². The number of hydrogen-bond donors (Lipinski definition) is 1. The molecule has 4 aromatic rings. The number of rotatable bonds is 4. The molecule has 1 heterocycles. The van der Waals surface area contributed by atoms with Crippen LogP contribution in [0, 0.1) is 0 Å². The van der Waals surface area contributed by atoms with Crippen molar-refractivity contribution in [3.05, 3.63) is 94.6 Å². The number of ether oxygens (including phenoxy) is 1. The van der Waals surface area contributed by atoms with Gasteiger partial charge in [-0.2, -0.15) is 0 Å². The first-order valence-corrected chi connectivity index (χ1v) is 8.73. The van der Waals surface area contributed by atoms with Crippen molar-refractivity contribution in [2.24, 2.45) is 0 Å². The zero-order chi connectivity index (χ0) is 19.5. The molecular formula is C23H17NO4. The zero-order valence-electron chi connectivity index (χ0n) is 15.1. The second-order valence-electron chi connectivity index (χ2n) is 6.23. The quantitative estimate of drug-likeness (QED) is 0.563. The van der Waals surface area contributed by atoms with Gasteiger partial charge in [-0.05, 0) is 54.6 Å². The van der Waals surface area contributed by atoms with Gasteiger partial charge in [0.25, 0.3) is 5.91 Å². The van der Waals surface area contributed by atoms with Gasteiger partial charge in [0, 0.05) is 22.9 Å². The Labute approximate surface area is 161 Å². The molecule has 0 saturated carbocycles. The van der Waals surface area contributed by atoms with Crippen molar-refractivity contribution in [3.63, 3.8) is 0 Å². The normalized spacial score (nSPS) is 10.6. The molecule has 138 valence electrons. The second-order valence-corrected chi connectivity index (χ2v) is 6.23. The summed E-state index contributed by atoms with van der Waals surface area (Å²) in [6, 6.07) is 22.6. The lowest BCUT2D eigenvalue weighted by Crippen LogP contribution is -2.12. The van der Waals surface area contributed by atoms with Gasteiger partial charge in [0.2, 0.25) is 0 Å². The number of anilines is 1. The van der Waals surface area contributed by atoms with Crippen LogP contribution in [0.25, 0.3) is 22.3 Å². The molecule has 1 aromatic heterocycles. The third-order valence-electron chi connectivity index (χ3n) is 4.40. The minimum atomic E-state index is -0.237. The van der Waals surface area contributed by atoms with Crippen LogP contribution in [0.15, 0.2) is 88.1 Å². The molecular weight excluding hydrogens is 354 g/mol. The lowest BCUT2D eigenvalue weighted by molar-refractivity contribution is 0.102. The molecule has 0 saturated heterocycles. The Morgan fingerprint density at radius 2 is 1.68 bits per heavy atom. The van der Waals surface area contributed by atoms with Gasteiger partial charge in [0.15, 0.2) is 5.43 Å². The lowest BCUT2D eigenvalue weighted by atomic mass is 10.1. The second kappa shape index (κ2) is 7.40.